The fraction of sp³-hybridized carbons (Fsp3) is 0.231. The van der Waals surface area contributed by atoms with E-state index in [1.807, 2.05) is 24.3 Å². The first-order valence-corrected chi connectivity index (χ1v) is 6.41. The standard InChI is InChI=1S/C13H11BrN2O/c14-9-4-1-3-8(7-9)12-15-11-6-2-5-10(11)13(17)16-12/h1,3-4,7H,2,5-6H2,(H,15,16,17). The second kappa shape index (κ2) is 4.11. The number of aromatic amines is 1. The monoisotopic (exact) mass is 290 g/mol. The fourth-order valence-corrected chi connectivity index (χ4v) is 2.61. The number of rotatable bonds is 1. The molecule has 1 aliphatic carbocycles. The Bertz CT molecular complexity index is 634. The number of nitrogens with one attached hydrogen (secondary N) is 1. The lowest BCUT2D eigenvalue weighted by Crippen LogP contribution is -2.15. The van der Waals surface area contributed by atoms with Crippen molar-refractivity contribution in [3.05, 3.63) is 50.3 Å². The summed E-state index contributed by atoms with van der Waals surface area (Å²) < 4.78 is 0.984. The summed E-state index contributed by atoms with van der Waals surface area (Å²) in [5.74, 6) is 0.664. The van der Waals surface area contributed by atoms with Crippen molar-refractivity contribution in [2.45, 2.75) is 19.3 Å². The van der Waals surface area contributed by atoms with Crippen LogP contribution in [0.4, 0.5) is 0 Å². The van der Waals surface area contributed by atoms with Crippen LogP contribution < -0.4 is 5.56 Å². The summed E-state index contributed by atoms with van der Waals surface area (Å²) in [6.07, 6.45) is 2.81. The number of aromatic nitrogens is 2. The summed E-state index contributed by atoms with van der Waals surface area (Å²) in [6.45, 7) is 0. The van der Waals surface area contributed by atoms with E-state index in [9.17, 15) is 4.79 Å². The maximum absolute atomic E-state index is 11.9. The SMILES string of the molecule is O=c1[nH]c(-c2cccc(Br)c2)nc2c1CCC2. The Morgan fingerprint density at radius 3 is 3.00 bits per heavy atom. The minimum Gasteiger partial charge on any atom is -0.306 e. The molecule has 0 atom stereocenters. The zero-order valence-electron chi connectivity index (χ0n) is 9.16. The van der Waals surface area contributed by atoms with Gasteiger partial charge in [0, 0.05) is 15.6 Å². The topological polar surface area (TPSA) is 45.8 Å². The number of aryl methyl sites for hydroxylation is 1. The van der Waals surface area contributed by atoms with Crippen LogP contribution in [0.15, 0.2) is 33.5 Å². The Morgan fingerprint density at radius 2 is 2.18 bits per heavy atom. The highest BCUT2D eigenvalue weighted by molar-refractivity contribution is 9.10. The van der Waals surface area contributed by atoms with Crippen LogP contribution in [0.2, 0.25) is 0 Å². The van der Waals surface area contributed by atoms with Crippen LogP contribution in [0.1, 0.15) is 17.7 Å². The summed E-state index contributed by atoms with van der Waals surface area (Å²) in [6, 6.07) is 7.80. The van der Waals surface area contributed by atoms with Gasteiger partial charge in [-0.3, -0.25) is 4.79 Å². The molecule has 1 aliphatic rings. The van der Waals surface area contributed by atoms with Crippen molar-refractivity contribution in [2.24, 2.45) is 0 Å². The molecule has 0 amide bonds. The molecule has 1 heterocycles. The number of nitrogens with zero attached hydrogens (tertiary/aromatic N) is 1. The number of benzene rings is 1. The third-order valence-electron chi connectivity index (χ3n) is 3.04. The zero-order chi connectivity index (χ0) is 11.8. The second-order valence-electron chi connectivity index (χ2n) is 4.20. The molecule has 3 nitrogen and oxygen atoms in total. The predicted molar refractivity (Wildman–Crippen MR) is 70.0 cm³/mol. The molecule has 0 radical (unpaired) electrons. The van der Waals surface area contributed by atoms with Gasteiger partial charge < -0.3 is 4.98 Å². The molecule has 0 aliphatic heterocycles. The minimum atomic E-state index is 0.0162. The highest BCUT2D eigenvalue weighted by atomic mass is 79.9. The highest BCUT2D eigenvalue weighted by Gasteiger charge is 2.17. The van der Waals surface area contributed by atoms with Gasteiger partial charge in [-0.25, -0.2) is 4.98 Å². The Morgan fingerprint density at radius 1 is 1.29 bits per heavy atom. The Labute approximate surface area is 107 Å². The van der Waals surface area contributed by atoms with Crippen LogP contribution in [0, 0.1) is 0 Å². The van der Waals surface area contributed by atoms with Crippen molar-refractivity contribution in [1.29, 1.82) is 0 Å². The number of fused-ring (bicyclic) bond motifs is 1. The summed E-state index contributed by atoms with van der Waals surface area (Å²) in [5, 5.41) is 0. The Kier molecular flexibility index (Phi) is 2.59. The van der Waals surface area contributed by atoms with Crippen LogP contribution in [-0.4, -0.2) is 9.97 Å². The lowest BCUT2D eigenvalue weighted by Gasteiger charge is -2.04. The number of hydrogen-bond acceptors (Lipinski definition) is 2. The number of hydrogen-bond donors (Lipinski definition) is 1. The highest BCUT2D eigenvalue weighted by Crippen LogP contribution is 2.22. The van der Waals surface area contributed by atoms with Crippen molar-refractivity contribution in [3.63, 3.8) is 0 Å². The molecule has 0 bridgehead atoms. The van der Waals surface area contributed by atoms with Gasteiger partial charge in [-0.2, -0.15) is 0 Å². The van der Waals surface area contributed by atoms with Gasteiger partial charge in [-0.15, -0.1) is 0 Å². The largest absolute Gasteiger partial charge is 0.306 e. The third-order valence-corrected chi connectivity index (χ3v) is 3.53. The Balaban J connectivity index is 2.16. The van der Waals surface area contributed by atoms with Gasteiger partial charge in [0.1, 0.15) is 5.82 Å². The maximum atomic E-state index is 11.9. The molecule has 4 heteroatoms. The van der Waals surface area contributed by atoms with Gasteiger partial charge in [0.25, 0.3) is 5.56 Å². The maximum Gasteiger partial charge on any atom is 0.254 e. The van der Waals surface area contributed by atoms with Gasteiger partial charge in [0.2, 0.25) is 0 Å². The Hall–Kier alpha value is -1.42. The van der Waals surface area contributed by atoms with Gasteiger partial charge >= 0.3 is 0 Å². The molecule has 0 fully saturated rings. The second-order valence-corrected chi connectivity index (χ2v) is 5.12. The molecule has 0 spiro atoms. The van der Waals surface area contributed by atoms with E-state index in [1.54, 1.807) is 0 Å². The van der Waals surface area contributed by atoms with Crippen LogP contribution in [0.5, 0.6) is 0 Å². The lowest BCUT2D eigenvalue weighted by atomic mass is 10.2. The molecule has 0 saturated carbocycles. The van der Waals surface area contributed by atoms with Gasteiger partial charge in [0.15, 0.2) is 0 Å². The van der Waals surface area contributed by atoms with E-state index < -0.39 is 0 Å². The third kappa shape index (κ3) is 1.93. The van der Waals surface area contributed by atoms with E-state index in [-0.39, 0.29) is 5.56 Å². The summed E-state index contributed by atoms with van der Waals surface area (Å²) in [7, 11) is 0. The molecule has 0 unspecified atom stereocenters. The predicted octanol–water partition coefficient (Wildman–Crippen LogP) is 2.69. The van der Waals surface area contributed by atoms with E-state index in [0.717, 1.165) is 40.6 Å². The van der Waals surface area contributed by atoms with E-state index >= 15 is 0 Å². The van der Waals surface area contributed by atoms with Crippen molar-refractivity contribution in [1.82, 2.24) is 9.97 Å². The molecule has 2 aromatic rings. The van der Waals surface area contributed by atoms with Crippen LogP contribution in [0.25, 0.3) is 11.4 Å². The molecular weight excluding hydrogens is 280 g/mol. The van der Waals surface area contributed by atoms with Gasteiger partial charge in [0.05, 0.1) is 5.69 Å². The van der Waals surface area contributed by atoms with Crippen molar-refractivity contribution >= 4 is 15.9 Å². The molecule has 1 aromatic heterocycles. The van der Waals surface area contributed by atoms with Crippen LogP contribution in [0.3, 0.4) is 0 Å². The average molecular weight is 291 g/mol. The smallest absolute Gasteiger partial charge is 0.254 e. The van der Waals surface area contributed by atoms with Crippen LogP contribution >= 0.6 is 15.9 Å². The minimum absolute atomic E-state index is 0.0162. The molecule has 17 heavy (non-hydrogen) atoms. The quantitative estimate of drug-likeness (QED) is 0.878. The number of H-pyrrole nitrogens is 1. The van der Waals surface area contributed by atoms with E-state index in [1.165, 1.54) is 0 Å². The molecule has 1 N–H and O–H groups in total. The number of halogens is 1. The van der Waals surface area contributed by atoms with Gasteiger partial charge in [-0.1, -0.05) is 28.1 Å². The van der Waals surface area contributed by atoms with Gasteiger partial charge in [-0.05, 0) is 31.4 Å². The fourth-order valence-electron chi connectivity index (χ4n) is 2.21. The molecule has 86 valence electrons. The average Bonchev–Trinajstić information content (AvgIpc) is 2.77. The normalized spacial score (nSPS) is 13.7. The molecule has 0 saturated heterocycles. The van der Waals surface area contributed by atoms with Crippen molar-refractivity contribution < 1.29 is 0 Å². The molecular formula is C13H11BrN2O. The zero-order valence-corrected chi connectivity index (χ0v) is 10.8. The van der Waals surface area contributed by atoms with E-state index in [4.69, 9.17) is 0 Å². The summed E-state index contributed by atoms with van der Waals surface area (Å²) in [4.78, 5) is 19.3. The van der Waals surface area contributed by atoms with E-state index in [0.29, 0.717) is 5.82 Å². The molecule has 1 aromatic carbocycles. The first kappa shape index (κ1) is 10.7. The summed E-state index contributed by atoms with van der Waals surface area (Å²) in [5.41, 5.74) is 2.78. The van der Waals surface area contributed by atoms with Crippen molar-refractivity contribution in [3.8, 4) is 11.4 Å². The first-order chi connectivity index (χ1) is 8.24. The van der Waals surface area contributed by atoms with Crippen molar-refractivity contribution in [2.75, 3.05) is 0 Å². The summed E-state index contributed by atoms with van der Waals surface area (Å²) >= 11 is 3.42. The molecule has 3 rings (SSSR count). The van der Waals surface area contributed by atoms with E-state index in [2.05, 4.69) is 25.9 Å². The van der Waals surface area contributed by atoms with Crippen LogP contribution in [-0.2, 0) is 12.8 Å². The lowest BCUT2D eigenvalue weighted by molar-refractivity contribution is 0.899. The first-order valence-electron chi connectivity index (χ1n) is 5.62.